The number of anilines is 1. The minimum atomic E-state index is -0.326. The van der Waals surface area contributed by atoms with Gasteiger partial charge in [0.25, 0.3) is 0 Å². The number of oxazole rings is 1. The normalized spacial score (nSPS) is 10.8. The molecule has 0 bridgehead atoms. The first-order valence-corrected chi connectivity index (χ1v) is 8.21. The number of aryl methyl sites for hydroxylation is 1. The number of nitrogens with one attached hydrogen (secondary N) is 1. The van der Waals surface area contributed by atoms with Crippen LogP contribution in [-0.2, 0) is 11.3 Å². The van der Waals surface area contributed by atoms with Gasteiger partial charge in [-0.15, -0.1) is 11.8 Å². The molecule has 5 nitrogen and oxygen atoms in total. The lowest BCUT2D eigenvalue weighted by molar-refractivity contribution is -0.114. The van der Waals surface area contributed by atoms with E-state index in [1.54, 1.807) is 22.4 Å². The van der Waals surface area contributed by atoms with Crippen LogP contribution in [-0.4, -0.2) is 16.2 Å². The highest BCUT2D eigenvalue weighted by Crippen LogP contribution is 2.21. The molecule has 3 aromatic rings. The van der Waals surface area contributed by atoms with E-state index in [0.29, 0.717) is 12.1 Å². The standard InChI is InChI=1S/C17H16N2O3S/c1-12(20)18-13-6-8-14(9-7-13)23-11-10-19-15-4-2-3-5-16(15)22-17(19)21/h2-9H,10-11H2,1H3,(H,18,20). The molecule has 0 aliphatic rings. The summed E-state index contributed by atoms with van der Waals surface area (Å²) in [5.41, 5.74) is 2.21. The van der Waals surface area contributed by atoms with Crippen LogP contribution in [0.15, 0.2) is 62.6 Å². The molecule has 1 aromatic heterocycles. The summed E-state index contributed by atoms with van der Waals surface area (Å²) in [7, 11) is 0. The molecule has 3 rings (SSSR count). The number of hydrogen-bond donors (Lipinski definition) is 1. The summed E-state index contributed by atoms with van der Waals surface area (Å²) in [4.78, 5) is 23.9. The summed E-state index contributed by atoms with van der Waals surface area (Å²) in [6, 6.07) is 15.0. The summed E-state index contributed by atoms with van der Waals surface area (Å²) < 4.78 is 6.86. The van der Waals surface area contributed by atoms with Crippen molar-refractivity contribution in [3.63, 3.8) is 0 Å². The third-order valence-electron chi connectivity index (χ3n) is 3.33. The fourth-order valence-corrected chi connectivity index (χ4v) is 3.16. The van der Waals surface area contributed by atoms with Crippen LogP contribution in [0.4, 0.5) is 5.69 Å². The van der Waals surface area contributed by atoms with Gasteiger partial charge in [0.2, 0.25) is 5.91 Å². The average molecular weight is 328 g/mol. The maximum Gasteiger partial charge on any atom is 0.419 e. The van der Waals surface area contributed by atoms with Gasteiger partial charge < -0.3 is 9.73 Å². The Kier molecular flexibility index (Phi) is 4.52. The number of rotatable bonds is 5. The largest absolute Gasteiger partial charge is 0.419 e. The van der Waals surface area contributed by atoms with Gasteiger partial charge in [0.05, 0.1) is 5.52 Å². The number of amides is 1. The van der Waals surface area contributed by atoms with E-state index < -0.39 is 0 Å². The molecule has 0 aliphatic carbocycles. The number of nitrogens with zero attached hydrogens (tertiary/aromatic N) is 1. The molecule has 1 amide bonds. The van der Waals surface area contributed by atoms with Crippen LogP contribution in [0.2, 0.25) is 0 Å². The Hall–Kier alpha value is -2.47. The number of carbonyl (C=O) groups excluding carboxylic acids is 1. The molecule has 0 saturated carbocycles. The number of fused-ring (bicyclic) bond motifs is 1. The minimum Gasteiger partial charge on any atom is -0.408 e. The molecule has 118 valence electrons. The van der Waals surface area contributed by atoms with Crippen molar-refractivity contribution < 1.29 is 9.21 Å². The molecule has 0 fully saturated rings. The predicted molar refractivity (Wildman–Crippen MR) is 91.9 cm³/mol. The van der Waals surface area contributed by atoms with Crippen molar-refractivity contribution in [2.75, 3.05) is 11.1 Å². The molecule has 0 unspecified atom stereocenters. The number of carbonyl (C=O) groups is 1. The van der Waals surface area contributed by atoms with Crippen LogP contribution in [0.25, 0.3) is 11.1 Å². The first-order valence-electron chi connectivity index (χ1n) is 7.22. The number of para-hydroxylation sites is 2. The molecule has 23 heavy (non-hydrogen) atoms. The predicted octanol–water partition coefficient (Wildman–Crippen LogP) is 3.35. The van der Waals surface area contributed by atoms with Gasteiger partial charge in [0.1, 0.15) is 0 Å². The van der Waals surface area contributed by atoms with Gasteiger partial charge in [-0.3, -0.25) is 9.36 Å². The summed E-state index contributed by atoms with van der Waals surface area (Å²) in [6.45, 7) is 2.06. The summed E-state index contributed by atoms with van der Waals surface area (Å²) in [5.74, 6) is 0.340. The van der Waals surface area contributed by atoms with Gasteiger partial charge in [0, 0.05) is 29.8 Å². The van der Waals surface area contributed by atoms with Crippen molar-refractivity contribution in [2.45, 2.75) is 18.4 Å². The van der Waals surface area contributed by atoms with Crippen LogP contribution in [0.5, 0.6) is 0 Å². The number of aromatic nitrogens is 1. The number of benzene rings is 2. The summed E-state index contributed by atoms with van der Waals surface area (Å²) in [6.07, 6.45) is 0. The van der Waals surface area contributed by atoms with E-state index in [4.69, 9.17) is 4.42 Å². The van der Waals surface area contributed by atoms with Gasteiger partial charge >= 0.3 is 5.76 Å². The number of thioether (sulfide) groups is 1. The van der Waals surface area contributed by atoms with E-state index in [1.165, 1.54) is 6.92 Å². The molecule has 0 aliphatic heterocycles. The molecule has 1 N–H and O–H groups in total. The molecular weight excluding hydrogens is 312 g/mol. The monoisotopic (exact) mass is 328 g/mol. The second-order valence-corrected chi connectivity index (χ2v) is 6.21. The Labute approximate surface area is 137 Å². The van der Waals surface area contributed by atoms with E-state index in [9.17, 15) is 9.59 Å². The quantitative estimate of drug-likeness (QED) is 0.730. The molecular formula is C17H16N2O3S. The molecule has 2 aromatic carbocycles. The van der Waals surface area contributed by atoms with Crippen LogP contribution in [0.3, 0.4) is 0 Å². The van der Waals surface area contributed by atoms with Gasteiger partial charge in [-0.2, -0.15) is 0 Å². The second-order valence-electron chi connectivity index (χ2n) is 5.04. The summed E-state index contributed by atoms with van der Waals surface area (Å²) >= 11 is 1.65. The Balaban J connectivity index is 1.63. The van der Waals surface area contributed by atoms with Crippen LogP contribution >= 0.6 is 11.8 Å². The van der Waals surface area contributed by atoms with Crippen LogP contribution in [0.1, 0.15) is 6.92 Å². The Bertz CT molecular complexity index is 881. The van der Waals surface area contributed by atoms with E-state index >= 15 is 0 Å². The van der Waals surface area contributed by atoms with Crippen molar-refractivity contribution in [3.05, 3.63) is 59.1 Å². The lowest BCUT2D eigenvalue weighted by Gasteiger charge is -2.05. The Morgan fingerprint density at radius 3 is 2.65 bits per heavy atom. The second kappa shape index (κ2) is 6.75. The zero-order valence-corrected chi connectivity index (χ0v) is 13.4. The topological polar surface area (TPSA) is 64.2 Å². The molecule has 1 heterocycles. The third-order valence-corrected chi connectivity index (χ3v) is 4.32. The van der Waals surface area contributed by atoms with Gasteiger partial charge in [0.15, 0.2) is 5.58 Å². The Morgan fingerprint density at radius 1 is 1.17 bits per heavy atom. The lowest BCUT2D eigenvalue weighted by Crippen LogP contribution is -2.15. The fourth-order valence-electron chi connectivity index (χ4n) is 2.32. The van der Waals surface area contributed by atoms with Crippen molar-refractivity contribution in [2.24, 2.45) is 0 Å². The first-order chi connectivity index (χ1) is 11.1. The number of hydrogen-bond acceptors (Lipinski definition) is 4. The lowest BCUT2D eigenvalue weighted by atomic mass is 10.3. The SMILES string of the molecule is CC(=O)Nc1ccc(SCCn2c(=O)oc3ccccc32)cc1. The van der Waals surface area contributed by atoms with E-state index in [2.05, 4.69) is 5.32 Å². The van der Waals surface area contributed by atoms with Gasteiger partial charge in [-0.25, -0.2) is 4.79 Å². The zero-order valence-electron chi connectivity index (χ0n) is 12.6. The molecule has 0 spiro atoms. The molecule has 0 saturated heterocycles. The summed E-state index contributed by atoms with van der Waals surface area (Å²) in [5, 5.41) is 2.73. The van der Waals surface area contributed by atoms with Gasteiger partial charge in [-0.05, 0) is 36.4 Å². The molecule has 0 atom stereocenters. The minimum absolute atomic E-state index is 0.0865. The maximum atomic E-state index is 11.9. The van der Waals surface area contributed by atoms with E-state index in [-0.39, 0.29) is 11.7 Å². The maximum absolute atomic E-state index is 11.9. The molecule has 0 radical (unpaired) electrons. The molecule has 6 heteroatoms. The van der Waals surface area contributed by atoms with E-state index in [0.717, 1.165) is 21.9 Å². The highest BCUT2D eigenvalue weighted by Gasteiger charge is 2.08. The van der Waals surface area contributed by atoms with Crippen molar-refractivity contribution in [1.82, 2.24) is 4.57 Å². The zero-order chi connectivity index (χ0) is 16.2. The highest BCUT2D eigenvalue weighted by molar-refractivity contribution is 7.99. The van der Waals surface area contributed by atoms with E-state index in [1.807, 2.05) is 42.5 Å². The smallest absolute Gasteiger partial charge is 0.408 e. The van der Waals surface area contributed by atoms with Gasteiger partial charge in [-0.1, -0.05) is 12.1 Å². The third kappa shape index (κ3) is 3.65. The highest BCUT2D eigenvalue weighted by atomic mass is 32.2. The van der Waals surface area contributed by atoms with Crippen LogP contribution in [0, 0.1) is 0 Å². The van der Waals surface area contributed by atoms with Crippen LogP contribution < -0.4 is 11.1 Å². The first kappa shape index (κ1) is 15.4. The van der Waals surface area contributed by atoms with Crippen molar-refractivity contribution in [1.29, 1.82) is 0 Å². The van der Waals surface area contributed by atoms with Crippen molar-refractivity contribution >= 4 is 34.5 Å². The fraction of sp³-hybridized carbons (Fsp3) is 0.176. The van der Waals surface area contributed by atoms with Crippen molar-refractivity contribution in [3.8, 4) is 0 Å². The average Bonchev–Trinajstić information content (AvgIpc) is 2.84. The Morgan fingerprint density at radius 2 is 1.91 bits per heavy atom.